The monoisotopic (exact) mass is 206 g/mol. The fourth-order valence-electron chi connectivity index (χ4n) is 2.05. The van der Waals surface area contributed by atoms with E-state index in [-0.39, 0.29) is 0 Å². The summed E-state index contributed by atoms with van der Waals surface area (Å²) in [6.45, 7) is 7.06. The molecule has 15 heavy (non-hydrogen) atoms. The van der Waals surface area contributed by atoms with Gasteiger partial charge >= 0.3 is 0 Å². The molecule has 2 atom stereocenters. The van der Waals surface area contributed by atoms with Crippen molar-refractivity contribution in [2.24, 2.45) is 11.7 Å². The third kappa shape index (κ3) is 2.52. The summed E-state index contributed by atoms with van der Waals surface area (Å²) in [5, 5.41) is 0. The molecule has 2 unspecified atom stereocenters. The van der Waals surface area contributed by atoms with Crippen LogP contribution in [0.15, 0.2) is 12.3 Å². The molecular formula is C11H18N4. The van der Waals surface area contributed by atoms with Crippen LogP contribution in [0.1, 0.15) is 18.4 Å². The fourth-order valence-corrected chi connectivity index (χ4v) is 2.05. The molecule has 0 aromatic carbocycles. The molecular weight excluding hydrogens is 188 g/mol. The zero-order valence-electron chi connectivity index (χ0n) is 9.35. The van der Waals surface area contributed by atoms with E-state index in [1.54, 1.807) is 0 Å². The van der Waals surface area contributed by atoms with Crippen LogP contribution in [0.25, 0.3) is 0 Å². The quantitative estimate of drug-likeness (QED) is 0.768. The Balaban J connectivity index is 1.98. The second kappa shape index (κ2) is 4.24. The molecule has 0 spiro atoms. The van der Waals surface area contributed by atoms with Gasteiger partial charge in [0.2, 0.25) is 0 Å². The lowest BCUT2D eigenvalue weighted by Gasteiger charge is -2.14. The number of hydrogen-bond acceptors (Lipinski definition) is 4. The van der Waals surface area contributed by atoms with E-state index in [0.717, 1.165) is 31.2 Å². The van der Waals surface area contributed by atoms with Crippen molar-refractivity contribution in [2.45, 2.75) is 26.4 Å². The normalized spacial score (nSPS) is 27.1. The predicted molar refractivity (Wildman–Crippen MR) is 59.2 cm³/mol. The summed E-state index contributed by atoms with van der Waals surface area (Å²) in [4.78, 5) is 10.8. The number of aryl methyl sites for hydroxylation is 1. The summed E-state index contributed by atoms with van der Waals surface area (Å²) < 4.78 is 0. The van der Waals surface area contributed by atoms with Gasteiger partial charge in [0.25, 0.3) is 0 Å². The number of likely N-dealkylation sites (tertiary alicyclic amines) is 1. The van der Waals surface area contributed by atoms with Crippen LogP contribution in [0.4, 0.5) is 0 Å². The second-order valence-electron chi connectivity index (χ2n) is 4.43. The molecule has 4 nitrogen and oxygen atoms in total. The van der Waals surface area contributed by atoms with E-state index in [0.29, 0.717) is 12.0 Å². The maximum absolute atomic E-state index is 5.98. The number of hydrogen-bond donors (Lipinski definition) is 1. The number of nitrogens with two attached hydrogens (primary N) is 1. The van der Waals surface area contributed by atoms with Crippen molar-refractivity contribution in [3.05, 3.63) is 23.8 Å². The molecule has 1 aromatic heterocycles. The molecule has 2 rings (SSSR count). The molecule has 1 aromatic rings. The van der Waals surface area contributed by atoms with Gasteiger partial charge in [-0.2, -0.15) is 0 Å². The Bertz CT molecular complexity index is 329. The van der Waals surface area contributed by atoms with E-state index in [4.69, 9.17) is 5.73 Å². The van der Waals surface area contributed by atoms with Crippen LogP contribution >= 0.6 is 0 Å². The molecule has 0 amide bonds. The molecule has 1 fully saturated rings. The van der Waals surface area contributed by atoms with Gasteiger partial charge in [0, 0.05) is 31.9 Å². The Morgan fingerprint density at radius 1 is 1.53 bits per heavy atom. The van der Waals surface area contributed by atoms with Crippen molar-refractivity contribution in [2.75, 3.05) is 13.1 Å². The van der Waals surface area contributed by atoms with Gasteiger partial charge in [0.15, 0.2) is 0 Å². The molecule has 82 valence electrons. The molecule has 2 heterocycles. The molecule has 0 saturated carbocycles. The highest BCUT2D eigenvalue weighted by Gasteiger charge is 2.26. The van der Waals surface area contributed by atoms with Crippen molar-refractivity contribution in [3.63, 3.8) is 0 Å². The average Bonchev–Trinajstić information content (AvgIpc) is 2.45. The van der Waals surface area contributed by atoms with Gasteiger partial charge in [-0.05, 0) is 18.9 Å². The maximum atomic E-state index is 5.98. The van der Waals surface area contributed by atoms with E-state index in [9.17, 15) is 0 Å². The van der Waals surface area contributed by atoms with Crippen molar-refractivity contribution in [1.82, 2.24) is 14.9 Å². The minimum atomic E-state index is 0.313. The van der Waals surface area contributed by atoms with Crippen molar-refractivity contribution < 1.29 is 0 Å². The topological polar surface area (TPSA) is 55.0 Å². The number of nitrogens with zero attached hydrogens (tertiary/aromatic N) is 3. The van der Waals surface area contributed by atoms with Crippen LogP contribution in [-0.2, 0) is 6.54 Å². The molecule has 2 N–H and O–H groups in total. The average molecular weight is 206 g/mol. The van der Waals surface area contributed by atoms with Crippen LogP contribution in [0, 0.1) is 12.8 Å². The molecule has 0 radical (unpaired) electrons. The SMILES string of the molecule is Cc1nccc(CN2CC(C)C(N)C2)n1. The maximum Gasteiger partial charge on any atom is 0.125 e. The highest BCUT2D eigenvalue weighted by atomic mass is 15.2. The van der Waals surface area contributed by atoms with Crippen LogP contribution in [-0.4, -0.2) is 34.0 Å². The Morgan fingerprint density at radius 3 is 2.93 bits per heavy atom. The summed E-state index contributed by atoms with van der Waals surface area (Å²) in [5.41, 5.74) is 7.06. The largest absolute Gasteiger partial charge is 0.326 e. The first-order valence-electron chi connectivity index (χ1n) is 5.41. The first-order valence-corrected chi connectivity index (χ1v) is 5.41. The van der Waals surface area contributed by atoms with E-state index in [1.165, 1.54) is 0 Å². The van der Waals surface area contributed by atoms with E-state index < -0.39 is 0 Å². The summed E-state index contributed by atoms with van der Waals surface area (Å²) >= 11 is 0. The first-order chi connectivity index (χ1) is 7.15. The van der Waals surface area contributed by atoms with E-state index >= 15 is 0 Å². The van der Waals surface area contributed by atoms with Gasteiger partial charge in [0.05, 0.1) is 5.69 Å². The first kappa shape index (κ1) is 10.5. The lowest BCUT2D eigenvalue weighted by Crippen LogP contribution is -2.28. The van der Waals surface area contributed by atoms with Gasteiger partial charge in [-0.25, -0.2) is 9.97 Å². The van der Waals surface area contributed by atoms with Gasteiger partial charge in [-0.15, -0.1) is 0 Å². The molecule has 1 aliphatic heterocycles. The summed E-state index contributed by atoms with van der Waals surface area (Å²) in [7, 11) is 0. The smallest absolute Gasteiger partial charge is 0.125 e. The highest BCUT2D eigenvalue weighted by Crippen LogP contribution is 2.16. The Kier molecular flexibility index (Phi) is 2.98. The number of rotatable bonds is 2. The van der Waals surface area contributed by atoms with Crippen LogP contribution < -0.4 is 5.73 Å². The second-order valence-corrected chi connectivity index (χ2v) is 4.43. The highest BCUT2D eigenvalue weighted by molar-refractivity contribution is 5.02. The standard InChI is InChI=1S/C11H18N4/c1-8-5-15(7-11(8)12)6-10-3-4-13-9(2)14-10/h3-4,8,11H,5-7,12H2,1-2H3. The molecule has 4 heteroatoms. The Labute approximate surface area is 90.5 Å². The van der Waals surface area contributed by atoms with Gasteiger partial charge < -0.3 is 5.73 Å². The summed E-state index contributed by atoms with van der Waals surface area (Å²) in [6, 6.07) is 2.29. The zero-order chi connectivity index (χ0) is 10.8. The third-order valence-corrected chi connectivity index (χ3v) is 2.97. The number of aromatic nitrogens is 2. The summed E-state index contributed by atoms with van der Waals surface area (Å²) in [6.07, 6.45) is 1.82. The molecule has 1 aliphatic rings. The van der Waals surface area contributed by atoms with Crippen LogP contribution in [0.3, 0.4) is 0 Å². The van der Waals surface area contributed by atoms with Gasteiger partial charge in [-0.1, -0.05) is 6.92 Å². The lowest BCUT2D eigenvalue weighted by molar-refractivity contribution is 0.314. The Hall–Kier alpha value is -1.00. The lowest BCUT2D eigenvalue weighted by atomic mass is 10.1. The minimum Gasteiger partial charge on any atom is -0.326 e. The predicted octanol–water partition coefficient (Wildman–Crippen LogP) is 0.564. The van der Waals surface area contributed by atoms with Gasteiger partial charge in [-0.3, -0.25) is 4.90 Å². The van der Waals surface area contributed by atoms with E-state index in [1.807, 2.05) is 19.2 Å². The van der Waals surface area contributed by atoms with Crippen molar-refractivity contribution >= 4 is 0 Å². The van der Waals surface area contributed by atoms with Crippen LogP contribution in [0.5, 0.6) is 0 Å². The van der Waals surface area contributed by atoms with Crippen molar-refractivity contribution in [1.29, 1.82) is 0 Å². The third-order valence-electron chi connectivity index (χ3n) is 2.97. The molecule has 0 aliphatic carbocycles. The van der Waals surface area contributed by atoms with Crippen molar-refractivity contribution in [3.8, 4) is 0 Å². The van der Waals surface area contributed by atoms with Crippen LogP contribution in [0.2, 0.25) is 0 Å². The Morgan fingerprint density at radius 2 is 2.33 bits per heavy atom. The van der Waals surface area contributed by atoms with E-state index in [2.05, 4.69) is 21.8 Å². The minimum absolute atomic E-state index is 0.313. The summed E-state index contributed by atoms with van der Waals surface area (Å²) in [5.74, 6) is 1.43. The molecule has 0 bridgehead atoms. The molecule has 1 saturated heterocycles. The fraction of sp³-hybridized carbons (Fsp3) is 0.636. The van der Waals surface area contributed by atoms with Gasteiger partial charge in [0.1, 0.15) is 5.82 Å². The zero-order valence-corrected chi connectivity index (χ0v) is 9.35.